The van der Waals surface area contributed by atoms with Crippen LogP contribution < -0.4 is 4.90 Å². The monoisotopic (exact) mass is 376 g/mol. The van der Waals surface area contributed by atoms with Gasteiger partial charge in [0.05, 0.1) is 12.5 Å². The predicted octanol–water partition coefficient (Wildman–Crippen LogP) is 2.69. The summed E-state index contributed by atoms with van der Waals surface area (Å²) in [7, 11) is 0. The summed E-state index contributed by atoms with van der Waals surface area (Å²) in [5.41, 5.74) is 3.24. The smallest absolute Gasteiger partial charge is 0.225 e. The number of carbonyl (C=O) groups excluding carboxylic acids is 2. The molecule has 2 amide bonds. The lowest BCUT2D eigenvalue weighted by molar-refractivity contribution is -0.134. The topological polar surface area (TPSA) is 56.8 Å². The van der Waals surface area contributed by atoms with E-state index in [0.29, 0.717) is 19.5 Å². The Morgan fingerprint density at radius 2 is 1.75 bits per heavy atom. The van der Waals surface area contributed by atoms with Gasteiger partial charge in [0.2, 0.25) is 11.8 Å². The van der Waals surface area contributed by atoms with Crippen LogP contribution in [0, 0.1) is 0 Å². The number of carbonyl (C=O) groups is 2. The Balaban J connectivity index is 1.44. The molecule has 1 unspecified atom stereocenters. The number of fused-ring (bicyclic) bond motifs is 1. The van der Waals surface area contributed by atoms with E-state index in [2.05, 4.69) is 9.88 Å². The number of benzene rings is 1. The molecule has 2 aliphatic rings. The molecular weight excluding hydrogens is 352 g/mol. The molecule has 0 spiro atoms. The van der Waals surface area contributed by atoms with Crippen LogP contribution in [-0.2, 0) is 9.59 Å². The van der Waals surface area contributed by atoms with E-state index in [4.69, 9.17) is 0 Å². The molecule has 1 atom stereocenters. The number of nitrogens with zero attached hydrogens (tertiary/aromatic N) is 4. The minimum Gasteiger partial charge on any atom is -0.368 e. The van der Waals surface area contributed by atoms with E-state index in [0.717, 1.165) is 29.9 Å². The molecule has 0 N–H and O–H groups in total. The van der Waals surface area contributed by atoms with Crippen LogP contribution in [-0.4, -0.2) is 52.8 Å². The molecule has 4 rings (SSSR count). The molecule has 0 bridgehead atoms. The van der Waals surface area contributed by atoms with Crippen LogP contribution in [0.4, 0.5) is 5.69 Å². The number of hydrogen-bond acceptors (Lipinski definition) is 4. The highest BCUT2D eigenvalue weighted by Crippen LogP contribution is 2.33. The van der Waals surface area contributed by atoms with Gasteiger partial charge in [-0.15, -0.1) is 0 Å². The van der Waals surface area contributed by atoms with Crippen molar-refractivity contribution in [2.75, 3.05) is 31.1 Å². The van der Waals surface area contributed by atoms with Crippen LogP contribution in [0.1, 0.15) is 30.5 Å². The molecule has 1 aromatic carbocycles. The quantitative estimate of drug-likeness (QED) is 0.827. The highest BCUT2D eigenvalue weighted by atomic mass is 16.2. The lowest BCUT2D eigenvalue weighted by Crippen LogP contribution is -2.49. The predicted molar refractivity (Wildman–Crippen MR) is 108 cm³/mol. The van der Waals surface area contributed by atoms with Crippen molar-refractivity contribution in [2.24, 2.45) is 0 Å². The number of rotatable bonds is 3. The van der Waals surface area contributed by atoms with Gasteiger partial charge < -0.3 is 14.7 Å². The van der Waals surface area contributed by atoms with Gasteiger partial charge in [-0.3, -0.25) is 14.6 Å². The lowest BCUT2D eigenvalue weighted by atomic mass is 9.93. The SMILES string of the molecule is CC(=O)N1C=Cc2ccccc2C1CC(=O)N1CCN(c2ccncc2)CC1. The van der Waals surface area contributed by atoms with Crippen molar-refractivity contribution in [1.29, 1.82) is 0 Å². The van der Waals surface area contributed by atoms with Gasteiger partial charge in [0.25, 0.3) is 0 Å². The zero-order valence-corrected chi connectivity index (χ0v) is 16.0. The largest absolute Gasteiger partial charge is 0.368 e. The molecule has 2 aliphatic heterocycles. The summed E-state index contributed by atoms with van der Waals surface area (Å²) >= 11 is 0. The second-order valence-electron chi connectivity index (χ2n) is 7.16. The van der Waals surface area contributed by atoms with Crippen molar-refractivity contribution < 1.29 is 9.59 Å². The Labute approximate surface area is 165 Å². The average Bonchev–Trinajstić information content (AvgIpc) is 2.74. The van der Waals surface area contributed by atoms with E-state index >= 15 is 0 Å². The summed E-state index contributed by atoms with van der Waals surface area (Å²) < 4.78 is 0. The Hall–Kier alpha value is -3.15. The second kappa shape index (κ2) is 7.84. The molecule has 3 heterocycles. The summed E-state index contributed by atoms with van der Waals surface area (Å²) in [6.45, 7) is 4.51. The Morgan fingerprint density at radius 3 is 2.46 bits per heavy atom. The zero-order valence-electron chi connectivity index (χ0n) is 16.0. The van der Waals surface area contributed by atoms with E-state index < -0.39 is 0 Å². The molecule has 0 saturated carbocycles. The van der Waals surface area contributed by atoms with Gasteiger partial charge in [-0.2, -0.15) is 0 Å². The maximum absolute atomic E-state index is 13.0. The number of hydrogen-bond donors (Lipinski definition) is 0. The van der Waals surface area contributed by atoms with Crippen LogP contribution in [0.2, 0.25) is 0 Å². The van der Waals surface area contributed by atoms with Gasteiger partial charge in [0.1, 0.15) is 0 Å². The molecule has 28 heavy (non-hydrogen) atoms. The minimum atomic E-state index is -0.246. The van der Waals surface area contributed by atoms with Crippen LogP contribution >= 0.6 is 0 Å². The molecule has 1 saturated heterocycles. The van der Waals surface area contributed by atoms with E-state index in [-0.39, 0.29) is 17.9 Å². The maximum Gasteiger partial charge on any atom is 0.225 e. The fourth-order valence-corrected chi connectivity index (χ4v) is 3.98. The third-order valence-electron chi connectivity index (χ3n) is 5.50. The Kier molecular flexibility index (Phi) is 5.10. The first-order valence-corrected chi connectivity index (χ1v) is 9.62. The molecule has 2 aromatic rings. The number of pyridine rings is 1. The van der Waals surface area contributed by atoms with Crippen molar-refractivity contribution in [1.82, 2.24) is 14.8 Å². The normalized spacial score (nSPS) is 18.8. The molecular formula is C22H24N4O2. The molecule has 0 radical (unpaired) electrons. The molecule has 6 heteroatoms. The standard InChI is InChI=1S/C22H24N4O2/c1-17(27)26-11-8-18-4-2-3-5-20(18)21(26)16-22(28)25-14-12-24(13-15-25)19-6-9-23-10-7-19/h2-11,21H,12-16H2,1H3. The molecule has 1 fully saturated rings. The van der Waals surface area contributed by atoms with Crippen molar-refractivity contribution >= 4 is 23.6 Å². The molecule has 144 valence electrons. The van der Waals surface area contributed by atoms with Crippen LogP contribution in [0.5, 0.6) is 0 Å². The van der Waals surface area contributed by atoms with Crippen molar-refractivity contribution in [3.63, 3.8) is 0 Å². The first-order chi connectivity index (χ1) is 13.6. The third kappa shape index (κ3) is 3.63. The summed E-state index contributed by atoms with van der Waals surface area (Å²) in [5, 5.41) is 0. The minimum absolute atomic E-state index is 0.0499. The number of anilines is 1. The van der Waals surface area contributed by atoms with E-state index in [1.807, 2.05) is 47.4 Å². The highest BCUT2D eigenvalue weighted by molar-refractivity contribution is 5.82. The van der Waals surface area contributed by atoms with Gasteiger partial charge in [0.15, 0.2) is 0 Å². The first-order valence-electron chi connectivity index (χ1n) is 9.62. The van der Waals surface area contributed by atoms with E-state index in [9.17, 15) is 9.59 Å². The van der Waals surface area contributed by atoms with Gasteiger partial charge in [-0.05, 0) is 29.3 Å². The highest BCUT2D eigenvalue weighted by Gasteiger charge is 2.30. The average molecular weight is 376 g/mol. The van der Waals surface area contributed by atoms with Crippen molar-refractivity contribution in [2.45, 2.75) is 19.4 Å². The Bertz CT molecular complexity index is 888. The van der Waals surface area contributed by atoms with Gasteiger partial charge >= 0.3 is 0 Å². The summed E-state index contributed by atoms with van der Waals surface area (Å²) in [5.74, 6) is 0.0433. The summed E-state index contributed by atoms with van der Waals surface area (Å²) in [4.78, 5) is 35.1. The zero-order chi connectivity index (χ0) is 19.5. The first kappa shape index (κ1) is 18.2. The summed E-state index contributed by atoms with van der Waals surface area (Å²) in [6, 6.07) is 11.7. The maximum atomic E-state index is 13.0. The van der Waals surface area contributed by atoms with E-state index in [1.165, 1.54) is 0 Å². The van der Waals surface area contributed by atoms with Gasteiger partial charge in [-0.25, -0.2) is 0 Å². The fraction of sp³-hybridized carbons (Fsp3) is 0.318. The molecule has 6 nitrogen and oxygen atoms in total. The Morgan fingerprint density at radius 1 is 1.04 bits per heavy atom. The van der Waals surface area contributed by atoms with Crippen LogP contribution in [0.15, 0.2) is 55.0 Å². The number of aromatic nitrogens is 1. The second-order valence-corrected chi connectivity index (χ2v) is 7.16. The summed E-state index contributed by atoms with van der Waals surface area (Å²) in [6.07, 6.45) is 7.61. The van der Waals surface area contributed by atoms with Gasteiger partial charge in [-0.1, -0.05) is 24.3 Å². The van der Waals surface area contributed by atoms with Crippen molar-refractivity contribution in [3.05, 3.63) is 66.1 Å². The lowest BCUT2D eigenvalue weighted by Gasteiger charge is -2.38. The van der Waals surface area contributed by atoms with Crippen LogP contribution in [0.25, 0.3) is 6.08 Å². The van der Waals surface area contributed by atoms with Crippen molar-refractivity contribution in [3.8, 4) is 0 Å². The van der Waals surface area contributed by atoms with Crippen LogP contribution in [0.3, 0.4) is 0 Å². The van der Waals surface area contributed by atoms with Gasteiger partial charge in [0, 0.05) is 57.4 Å². The molecule has 0 aliphatic carbocycles. The number of piperazine rings is 1. The van der Waals surface area contributed by atoms with E-state index in [1.54, 1.807) is 30.4 Å². The molecule has 1 aromatic heterocycles. The fourth-order valence-electron chi connectivity index (χ4n) is 3.98. The number of amides is 2. The third-order valence-corrected chi connectivity index (χ3v) is 5.50.